The summed E-state index contributed by atoms with van der Waals surface area (Å²) in [6, 6.07) is 1.12. The van der Waals surface area contributed by atoms with Gasteiger partial charge >= 0.3 is 0 Å². The summed E-state index contributed by atoms with van der Waals surface area (Å²) in [7, 11) is 0. The zero-order chi connectivity index (χ0) is 9.14. The predicted molar refractivity (Wildman–Crippen MR) is 36.6 cm³/mol. The average Bonchev–Trinajstić information content (AvgIpc) is 1.96. The van der Waals surface area contributed by atoms with E-state index in [2.05, 4.69) is 4.85 Å². The van der Waals surface area contributed by atoms with Gasteiger partial charge < -0.3 is 4.85 Å². The molecule has 4 heteroatoms. The van der Waals surface area contributed by atoms with Gasteiger partial charge in [0.2, 0.25) is 6.54 Å². The van der Waals surface area contributed by atoms with Gasteiger partial charge in [-0.2, -0.15) is 0 Å². The molecule has 0 bridgehead atoms. The highest BCUT2D eigenvalue weighted by Gasteiger charge is 2.12. The maximum atomic E-state index is 12.7. The fourth-order valence-electron chi connectivity index (χ4n) is 0.802. The molecule has 0 N–H and O–H groups in total. The second-order valence-corrected chi connectivity index (χ2v) is 2.16. The summed E-state index contributed by atoms with van der Waals surface area (Å²) in [5.74, 6) is -2.99. The molecule has 1 nitrogen and oxygen atoms in total. The SMILES string of the molecule is [C-]#[N+]Cc1c(F)cc(F)cc1F. The number of benzene rings is 1. The largest absolute Gasteiger partial charge is 0.312 e. The summed E-state index contributed by atoms with van der Waals surface area (Å²) in [4.78, 5) is 2.80. The number of nitrogens with zero attached hydrogens (tertiary/aromatic N) is 1. The maximum Gasteiger partial charge on any atom is 0.245 e. The summed E-state index contributed by atoms with van der Waals surface area (Å²) >= 11 is 0. The Hall–Kier alpha value is -1.50. The Bertz CT molecular complexity index is 318. The minimum absolute atomic E-state index is 0.383. The van der Waals surface area contributed by atoms with Crippen molar-refractivity contribution in [2.24, 2.45) is 0 Å². The molecule has 0 amide bonds. The highest BCUT2D eigenvalue weighted by molar-refractivity contribution is 5.21. The van der Waals surface area contributed by atoms with Gasteiger partial charge in [-0.05, 0) is 0 Å². The third-order valence-corrected chi connectivity index (χ3v) is 1.34. The molecule has 62 valence electrons. The molecule has 0 atom stereocenters. The lowest BCUT2D eigenvalue weighted by Crippen LogP contribution is -1.94. The Morgan fingerprint density at radius 1 is 1.17 bits per heavy atom. The summed E-state index contributed by atoms with van der Waals surface area (Å²) < 4.78 is 37.6. The molecule has 1 rings (SSSR count). The van der Waals surface area contributed by atoms with E-state index < -0.39 is 24.0 Å². The second kappa shape index (κ2) is 3.26. The van der Waals surface area contributed by atoms with Crippen molar-refractivity contribution in [3.8, 4) is 0 Å². The molecular weight excluding hydrogens is 167 g/mol. The molecule has 1 aromatic rings. The van der Waals surface area contributed by atoms with E-state index in [0.717, 1.165) is 0 Å². The third-order valence-electron chi connectivity index (χ3n) is 1.34. The van der Waals surface area contributed by atoms with Gasteiger partial charge in [0.05, 0.1) is 0 Å². The molecule has 0 aliphatic heterocycles. The number of hydrogen-bond acceptors (Lipinski definition) is 0. The third kappa shape index (κ3) is 1.56. The predicted octanol–water partition coefficient (Wildman–Crippen LogP) is 2.52. The van der Waals surface area contributed by atoms with E-state index >= 15 is 0 Å². The Labute approximate surface area is 67.3 Å². The molecule has 12 heavy (non-hydrogen) atoms. The van der Waals surface area contributed by atoms with Crippen LogP contribution in [0.15, 0.2) is 12.1 Å². The number of rotatable bonds is 1. The highest BCUT2D eigenvalue weighted by atomic mass is 19.1. The van der Waals surface area contributed by atoms with Crippen LogP contribution in [0.25, 0.3) is 4.85 Å². The van der Waals surface area contributed by atoms with Crippen LogP contribution in [0.2, 0.25) is 0 Å². The summed E-state index contributed by atoms with van der Waals surface area (Å²) in [6.45, 7) is 5.98. The molecule has 0 unspecified atom stereocenters. The monoisotopic (exact) mass is 171 g/mol. The Balaban J connectivity index is 3.21. The molecule has 1 aromatic carbocycles. The van der Waals surface area contributed by atoms with Gasteiger partial charge in [0.1, 0.15) is 23.0 Å². The minimum Gasteiger partial charge on any atom is -0.312 e. The molecule has 0 fully saturated rings. The average molecular weight is 171 g/mol. The molecule has 0 saturated heterocycles. The zero-order valence-electron chi connectivity index (χ0n) is 5.94. The van der Waals surface area contributed by atoms with Crippen molar-refractivity contribution in [3.05, 3.63) is 46.6 Å². The fourth-order valence-corrected chi connectivity index (χ4v) is 0.802. The smallest absolute Gasteiger partial charge is 0.245 e. The van der Waals surface area contributed by atoms with Crippen LogP contribution in [0.3, 0.4) is 0 Å². The second-order valence-electron chi connectivity index (χ2n) is 2.16. The van der Waals surface area contributed by atoms with Gasteiger partial charge in [-0.15, -0.1) is 0 Å². The van der Waals surface area contributed by atoms with Crippen LogP contribution in [0, 0.1) is 24.0 Å². The summed E-state index contributed by atoms with van der Waals surface area (Å²) in [5, 5.41) is 0. The molecule has 0 spiro atoms. The number of halogens is 3. The molecule has 0 saturated carbocycles. The van der Waals surface area contributed by atoms with Crippen LogP contribution < -0.4 is 0 Å². The lowest BCUT2D eigenvalue weighted by atomic mass is 10.2. The van der Waals surface area contributed by atoms with Crippen molar-refractivity contribution in [2.45, 2.75) is 6.54 Å². The Morgan fingerprint density at radius 2 is 1.67 bits per heavy atom. The van der Waals surface area contributed by atoms with Gasteiger partial charge in [-0.1, -0.05) is 0 Å². The van der Waals surface area contributed by atoms with Crippen LogP contribution in [-0.2, 0) is 6.54 Å². The van der Waals surface area contributed by atoms with E-state index in [1.807, 2.05) is 0 Å². The van der Waals surface area contributed by atoms with E-state index in [9.17, 15) is 13.2 Å². The fraction of sp³-hybridized carbons (Fsp3) is 0.125. The standard InChI is InChI=1S/C8H4F3N/c1-12-4-6-7(10)2-5(9)3-8(6)11/h2-3H,4H2. The van der Waals surface area contributed by atoms with E-state index in [1.165, 1.54) is 0 Å². The van der Waals surface area contributed by atoms with Crippen LogP contribution in [-0.4, -0.2) is 0 Å². The van der Waals surface area contributed by atoms with Crippen LogP contribution in [0.1, 0.15) is 5.56 Å². The van der Waals surface area contributed by atoms with Crippen molar-refractivity contribution < 1.29 is 13.2 Å². The molecule has 0 heterocycles. The van der Waals surface area contributed by atoms with Crippen molar-refractivity contribution >= 4 is 0 Å². The van der Waals surface area contributed by atoms with E-state index in [-0.39, 0.29) is 5.56 Å². The Morgan fingerprint density at radius 3 is 2.08 bits per heavy atom. The van der Waals surface area contributed by atoms with Crippen molar-refractivity contribution in [1.82, 2.24) is 0 Å². The van der Waals surface area contributed by atoms with E-state index in [1.54, 1.807) is 0 Å². The molecule has 0 aromatic heterocycles. The minimum atomic E-state index is -1.01. The first-order valence-electron chi connectivity index (χ1n) is 3.12. The summed E-state index contributed by atoms with van der Waals surface area (Å²) in [6.07, 6.45) is 0. The van der Waals surface area contributed by atoms with Gasteiger partial charge in [0, 0.05) is 12.1 Å². The van der Waals surface area contributed by atoms with E-state index in [0.29, 0.717) is 12.1 Å². The normalized spacial score (nSPS) is 9.50. The first kappa shape index (κ1) is 8.60. The van der Waals surface area contributed by atoms with Crippen LogP contribution in [0.5, 0.6) is 0 Å². The van der Waals surface area contributed by atoms with Gasteiger partial charge in [0.25, 0.3) is 0 Å². The molecule has 0 radical (unpaired) electrons. The van der Waals surface area contributed by atoms with E-state index in [4.69, 9.17) is 6.57 Å². The maximum absolute atomic E-state index is 12.7. The lowest BCUT2D eigenvalue weighted by Gasteiger charge is -1.97. The lowest BCUT2D eigenvalue weighted by molar-refractivity contribution is 0.528. The van der Waals surface area contributed by atoms with Gasteiger partial charge in [0.15, 0.2) is 0 Å². The van der Waals surface area contributed by atoms with Crippen molar-refractivity contribution in [1.29, 1.82) is 0 Å². The molecular formula is C8H4F3N. The van der Waals surface area contributed by atoms with Gasteiger partial charge in [-0.25, -0.2) is 19.7 Å². The van der Waals surface area contributed by atoms with Gasteiger partial charge in [-0.3, -0.25) is 0 Å². The first-order valence-corrected chi connectivity index (χ1v) is 3.12. The summed E-state index contributed by atoms with van der Waals surface area (Å²) in [5.41, 5.74) is -0.383. The zero-order valence-corrected chi connectivity index (χ0v) is 5.94. The molecule has 0 aliphatic rings. The quantitative estimate of drug-likeness (QED) is 0.572. The molecule has 0 aliphatic carbocycles. The first-order chi connectivity index (χ1) is 5.65. The van der Waals surface area contributed by atoms with Crippen molar-refractivity contribution in [3.63, 3.8) is 0 Å². The van der Waals surface area contributed by atoms with Crippen LogP contribution in [0.4, 0.5) is 13.2 Å². The number of hydrogen-bond donors (Lipinski definition) is 0. The Kier molecular flexibility index (Phi) is 2.34. The van der Waals surface area contributed by atoms with Crippen molar-refractivity contribution in [2.75, 3.05) is 0 Å². The highest BCUT2D eigenvalue weighted by Crippen LogP contribution is 2.15. The topological polar surface area (TPSA) is 4.36 Å². The van der Waals surface area contributed by atoms with Crippen LogP contribution >= 0.6 is 0 Å².